The quantitative estimate of drug-likeness (QED) is 0.656. The molecule has 0 aliphatic carbocycles. The third kappa shape index (κ3) is 4.08. The number of rotatable bonds is 5. The third-order valence-corrected chi connectivity index (χ3v) is 3.39. The minimum Gasteiger partial charge on any atom is -0.497 e. The summed E-state index contributed by atoms with van der Waals surface area (Å²) in [5, 5.41) is 3.96. The second kappa shape index (κ2) is 7.61. The standard InChI is InChI=1S/C16H15BrN2O3/c1-21-14-5-3-4-11(9-14)16(20)19-18-10-12-8-13(17)6-7-15(12)22-2/h3-10H,1-2H3,(H,19,20)/b18-10+. The van der Waals surface area contributed by atoms with Crippen molar-refractivity contribution in [1.29, 1.82) is 0 Å². The number of nitrogens with zero attached hydrogens (tertiary/aromatic N) is 1. The molecule has 0 saturated carbocycles. The lowest BCUT2D eigenvalue weighted by Crippen LogP contribution is -2.17. The van der Waals surface area contributed by atoms with Gasteiger partial charge in [-0.3, -0.25) is 4.79 Å². The average Bonchev–Trinajstić information content (AvgIpc) is 2.55. The van der Waals surface area contributed by atoms with E-state index in [-0.39, 0.29) is 5.91 Å². The molecule has 0 radical (unpaired) electrons. The summed E-state index contributed by atoms with van der Waals surface area (Å²) in [6.07, 6.45) is 1.53. The first-order chi connectivity index (χ1) is 10.6. The molecule has 0 spiro atoms. The Morgan fingerprint density at radius 2 is 2.00 bits per heavy atom. The third-order valence-electron chi connectivity index (χ3n) is 2.89. The molecule has 2 aromatic rings. The van der Waals surface area contributed by atoms with E-state index in [1.165, 1.54) is 6.21 Å². The number of hydrogen-bond acceptors (Lipinski definition) is 4. The Morgan fingerprint density at radius 3 is 2.73 bits per heavy atom. The molecule has 0 fully saturated rings. The van der Waals surface area contributed by atoms with Crippen LogP contribution in [-0.2, 0) is 0 Å². The number of benzene rings is 2. The maximum absolute atomic E-state index is 12.0. The normalized spacial score (nSPS) is 10.5. The molecule has 0 atom stereocenters. The van der Waals surface area contributed by atoms with Crippen LogP contribution in [0.4, 0.5) is 0 Å². The van der Waals surface area contributed by atoms with Gasteiger partial charge in [-0.1, -0.05) is 22.0 Å². The van der Waals surface area contributed by atoms with E-state index in [4.69, 9.17) is 9.47 Å². The highest BCUT2D eigenvalue weighted by molar-refractivity contribution is 9.10. The maximum Gasteiger partial charge on any atom is 0.271 e. The van der Waals surface area contributed by atoms with Gasteiger partial charge < -0.3 is 9.47 Å². The Hall–Kier alpha value is -2.34. The molecule has 0 saturated heterocycles. The number of carbonyl (C=O) groups excluding carboxylic acids is 1. The van der Waals surface area contributed by atoms with Crippen molar-refractivity contribution >= 4 is 28.1 Å². The lowest BCUT2D eigenvalue weighted by Gasteiger charge is -2.05. The summed E-state index contributed by atoms with van der Waals surface area (Å²) in [7, 11) is 3.13. The van der Waals surface area contributed by atoms with Gasteiger partial charge in [0.25, 0.3) is 5.91 Å². The van der Waals surface area contributed by atoms with E-state index >= 15 is 0 Å². The van der Waals surface area contributed by atoms with Crippen LogP contribution < -0.4 is 14.9 Å². The fourth-order valence-corrected chi connectivity index (χ4v) is 2.17. The largest absolute Gasteiger partial charge is 0.497 e. The van der Waals surface area contributed by atoms with Gasteiger partial charge in [0.1, 0.15) is 11.5 Å². The summed E-state index contributed by atoms with van der Waals surface area (Å²) in [6, 6.07) is 12.4. The van der Waals surface area contributed by atoms with Gasteiger partial charge in [0.2, 0.25) is 0 Å². The van der Waals surface area contributed by atoms with Gasteiger partial charge in [0.05, 0.1) is 20.4 Å². The van der Waals surface area contributed by atoms with Crippen molar-refractivity contribution in [3.63, 3.8) is 0 Å². The Labute approximate surface area is 137 Å². The van der Waals surface area contributed by atoms with E-state index in [1.54, 1.807) is 38.5 Å². The predicted molar refractivity (Wildman–Crippen MR) is 88.7 cm³/mol. The van der Waals surface area contributed by atoms with Crippen molar-refractivity contribution in [3.05, 3.63) is 58.1 Å². The Morgan fingerprint density at radius 1 is 1.18 bits per heavy atom. The highest BCUT2D eigenvalue weighted by Crippen LogP contribution is 2.21. The number of nitrogens with one attached hydrogen (secondary N) is 1. The van der Waals surface area contributed by atoms with E-state index in [0.717, 1.165) is 10.0 Å². The number of hydrazone groups is 1. The minimum atomic E-state index is -0.316. The van der Waals surface area contributed by atoms with Gasteiger partial charge in [0, 0.05) is 15.6 Å². The molecule has 0 bridgehead atoms. The summed E-state index contributed by atoms with van der Waals surface area (Å²) in [6.45, 7) is 0. The van der Waals surface area contributed by atoms with E-state index in [2.05, 4.69) is 26.5 Å². The van der Waals surface area contributed by atoms with Crippen LogP contribution in [0.3, 0.4) is 0 Å². The monoisotopic (exact) mass is 362 g/mol. The molecule has 2 rings (SSSR count). The van der Waals surface area contributed by atoms with Crippen molar-refractivity contribution in [2.45, 2.75) is 0 Å². The summed E-state index contributed by atoms with van der Waals surface area (Å²) in [5.41, 5.74) is 3.70. The van der Waals surface area contributed by atoms with Gasteiger partial charge >= 0.3 is 0 Å². The second-order valence-electron chi connectivity index (χ2n) is 4.32. The molecule has 114 valence electrons. The van der Waals surface area contributed by atoms with E-state index < -0.39 is 0 Å². The maximum atomic E-state index is 12.0. The Kier molecular flexibility index (Phi) is 5.55. The smallest absolute Gasteiger partial charge is 0.271 e. The zero-order valence-electron chi connectivity index (χ0n) is 12.2. The van der Waals surface area contributed by atoms with E-state index in [9.17, 15) is 4.79 Å². The molecular formula is C16H15BrN2O3. The number of amides is 1. The molecule has 0 unspecified atom stereocenters. The van der Waals surface area contributed by atoms with Gasteiger partial charge in [-0.2, -0.15) is 5.10 Å². The topological polar surface area (TPSA) is 59.9 Å². The molecular weight excluding hydrogens is 348 g/mol. The summed E-state index contributed by atoms with van der Waals surface area (Å²) >= 11 is 3.38. The second-order valence-corrected chi connectivity index (χ2v) is 5.23. The summed E-state index contributed by atoms with van der Waals surface area (Å²) < 4.78 is 11.2. The molecule has 0 heterocycles. The molecule has 0 aliphatic heterocycles. The van der Waals surface area contributed by atoms with Crippen molar-refractivity contribution < 1.29 is 14.3 Å². The van der Waals surface area contributed by atoms with Crippen LogP contribution in [0.1, 0.15) is 15.9 Å². The lowest BCUT2D eigenvalue weighted by atomic mass is 10.2. The first-order valence-electron chi connectivity index (χ1n) is 6.45. The fourth-order valence-electron chi connectivity index (χ4n) is 1.80. The van der Waals surface area contributed by atoms with Crippen LogP contribution in [0.2, 0.25) is 0 Å². The van der Waals surface area contributed by atoms with Gasteiger partial charge in [-0.05, 0) is 36.4 Å². The highest BCUT2D eigenvalue weighted by atomic mass is 79.9. The van der Waals surface area contributed by atoms with E-state index in [0.29, 0.717) is 17.1 Å². The highest BCUT2D eigenvalue weighted by Gasteiger charge is 2.05. The molecule has 22 heavy (non-hydrogen) atoms. The fraction of sp³-hybridized carbons (Fsp3) is 0.125. The number of methoxy groups -OCH3 is 2. The van der Waals surface area contributed by atoms with Crippen molar-refractivity contribution in [1.82, 2.24) is 5.43 Å². The number of carbonyl (C=O) groups is 1. The zero-order chi connectivity index (χ0) is 15.9. The van der Waals surface area contributed by atoms with Gasteiger partial charge in [-0.15, -0.1) is 0 Å². The average molecular weight is 363 g/mol. The SMILES string of the molecule is COc1cccc(C(=O)N/N=C/c2cc(Br)ccc2OC)c1. The van der Waals surface area contributed by atoms with Crippen LogP contribution in [0.15, 0.2) is 52.0 Å². The molecule has 5 nitrogen and oxygen atoms in total. The lowest BCUT2D eigenvalue weighted by molar-refractivity contribution is 0.0955. The van der Waals surface area contributed by atoms with Crippen LogP contribution >= 0.6 is 15.9 Å². The zero-order valence-corrected chi connectivity index (χ0v) is 13.8. The molecule has 1 amide bonds. The van der Waals surface area contributed by atoms with Crippen molar-refractivity contribution in [2.24, 2.45) is 5.10 Å². The van der Waals surface area contributed by atoms with Gasteiger partial charge in [0.15, 0.2) is 0 Å². The molecule has 1 N–H and O–H groups in total. The van der Waals surface area contributed by atoms with Crippen molar-refractivity contribution in [2.75, 3.05) is 14.2 Å². The van der Waals surface area contributed by atoms with Gasteiger partial charge in [-0.25, -0.2) is 5.43 Å². The number of hydrogen-bond donors (Lipinski definition) is 1. The Balaban J connectivity index is 2.08. The van der Waals surface area contributed by atoms with E-state index in [1.807, 2.05) is 18.2 Å². The van der Waals surface area contributed by atoms with Crippen LogP contribution in [0.25, 0.3) is 0 Å². The number of ether oxygens (including phenoxy) is 2. The predicted octanol–water partition coefficient (Wildman–Crippen LogP) is 3.23. The molecule has 0 aromatic heterocycles. The van der Waals surface area contributed by atoms with Crippen LogP contribution in [-0.4, -0.2) is 26.3 Å². The van der Waals surface area contributed by atoms with Crippen LogP contribution in [0, 0.1) is 0 Å². The van der Waals surface area contributed by atoms with Crippen molar-refractivity contribution in [3.8, 4) is 11.5 Å². The molecule has 2 aromatic carbocycles. The number of halogens is 1. The molecule has 6 heteroatoms. The van der Waals surface area contributed by atoms with Crippen LogP contribution in [0.5, 0.6) is 11.5 Å². The minimum absolute atomic E-state index is 0.316. The summed E-state index contributed by atoms with van der Waals surface area (Å²) in [5.74, 6) is 0.969. The summed E-state index contributed by atoms with van der Waals surface area (Å²) in [4.78, 5) is 12.0. The first kappa shape index (κ1) is 16.0. The first-order valence-corrected chi connectivity index (χ1v) is 7.24. The Bertz CT molecular complexity index is 702. The molecule has 0 aliphatic rings.